The van der Waals surface area contributed by atoms with Gasteiger partial charge in [0.15, 0.2) is 0 Å². The highest BCUT2D eigenvalue weighted by Gasteiger charge is 2.71. The third-order valence-corrected chi connectivity index (χ3v) is 1.75. The molecule has 0 atom stereocenters. The molecule has 0 heterocycles. The first-order valence-corrected chi connectivity index (χ1v) is 3.80. The Bertz CT molecular complexity index is 229. The van der Waals surface area contributed by atoms with Gasteiger partial charge >= 0.3 is 12.4 Å². The fourth-order valence-electron chi connectivity index (χ4n) is 0.715. The first-order valence-electron chi connectivity index (χ1n) is 3.42. The second-order valence-electron chi connectivity index (χ2n) is 2.65. The van der Waals surface area contributed by atoms with Crippen LogP contribution in [0.3, 0.4) is 0 Å². The summed E-state index contributed by atoms with van der Waals surface area (Å²) < 4.78 is 83.5. The number of alkyl halides is 7. The highest BCUT2D eigenvalue weighted by atomic mass is 35.5. The standard InChI is InChI=1S/C6H4ClF7O/c7-3(15)1-2-4(8,5(9,10)11)6(12,13)14/h1-2H2. The van der Waals surface area contributed by atoms with Crippen LogP contribution in [0.25, 0.3) is 0 Å². The summed E-state index contributed by atoms with van der Waals surface area (Å²) in [5.74, 6) is 0. The molecule has 0 spiro atoms. The summed E-state index contributed by atoms with van der Waals surface area (Å²) in [6, 6.07) is 0. The maximum Gasteiger partial charge on any atom is 0.431 e. The first-order chi connectivity index (χ1) is 6.42. The third kappa shape index (κ3) is 3.22. The second-order valence-corrected chi connectivity index (χ2v) is 3.07. The SMILES string of the molecule is O=C(Cl)CCC(F)(C(F)(F)F)C(F)(F)F. The van der Waals surface area contributed by atoms with E-state index in [2.05, 4.69) is 11.6 Å². The molecule has 0 aliphatic carbocycles. The van der Waals surface area contributed by atoms with Gasteiger partial charge in [0.1, 0.15) is 0 Å². The van der Waals surface area contributed by atoms with Crippen molar-refractivity contribution in [2.45, 2.75) is 30.9 Å². The van der Waals surface area contributed by atoms with E-state index < -0.39 is 36.1 Å². The van der Waals surface area contributed by atoms with Crippen molar-refractivity contribution in [2.24, 2.45) is 0 Å². The van der Waals surface area contributed by atoms with E-state index in [4.69, 9.17) is 0 Å². The zero-order valence-electron chi connectivity index (χ0n) is 6.85. The van der Waals surface area contributed by atoms with Crippen molar-refractivity contribution >= 4 is 16.8 Å². The van der Waals surface area contributed by atoms with Crippen molar-refractivity contribution in [1.82, 2.24) is 0 Å². The average Bonchev–Trinajstić information content (AvgIpc) is 1.95. The Labute approximate surface area is 84.2 Å². The number of rotatable bonds is 3. The van der Waals surface area contributed by atoms with E-state index in [0.717, 1.165) is 0 Å². The van der Waals surface area contributed by atoms with Crippen LogP contribution in [0.5, 0.6) is 0 Å². The van der Waals surface area contributed by atoms with Crippen molar-refractivity contribution in [3.63, 3.8) is 0 Å². The molecule has 0 fully saturated rings. The van der Waals surface area contributed by atoms with Gasteiger partial charge in [-0.2, -0.15) is 26.3 Å². The zero-order chi connectivity index (χ0) is 12.5. The van der Waals surface area contributed by atoms with Gasteiger partial charge in [-0.15, -0.1) is 0 Å². The largest absolute Gasteiger partial charge is 0.431 e. The normalized spacial score (nSPS) is 14.1. The van der Waals surface area contributed by atoms with E-state index in [1.54, 1.807) is 0 Å². The van der Waals surface area contributed by atoms with E-state index in [1.165, 1.54) is 0 Å². The van der Waals surface area contributed by atoms with Gasteiger partial charge in [0.25, 0.3) is 5.67 Å². The van der Waals surface area contributed by atoms with Crippen LogP contribution in [0.2, 0.25) is 0 Å². The van der Waals surface area contributed by atoms with E-state index in [1.807, 2.05) is 0 Å². The summed E-state index contributed by atoms with van der Waals surface area (Å²) in [4.78, 5) is 10.0. The number of carbonyl (C=O) groups is 1. The molecule has 1 nitrogen and oxygen atoms in total. The molecular formula is C6H4ClF7O. The van der Waals surface area contributed by atoms with E-state index in [0.29, 0.717) is 0 Å². The Balaban J connectivity index is 4.98. The number of hydrogen-bond acceptors (Lipinski definition) is 1. The fraction of sp³-hybridized carbons (Fsp3) is 0.833. The molecule has 9 heteroatoms. The lowest BCUT2D eigenvalue weighted by atomic mass is 9.99. The van der Waals surface area contributed by atoms with Crippen molar-refractivity contribution in [1.29, 1.82) is 0 Å². The molecule has 90 valence electrons. The smallest absolute Gasteiger partial charge is 0.281 e. The molecular weight excluding hydrogens is 257 g/mol. The number of halogens is 8. The van der Waals surface area contributed by atoms with Crippen molar-refractivity contribution < 1.29 is 35.5 Å². The zero-order valence-corrected chi connectivity index (χ0v) is 7.60. The molecule has 0 rings (SSSR count). The Morgan fingerprint density at radius 3 is 1.47 bits per heavy atom. The Hall–Kier alpha value is -0.530. The quantitative estimate of drug-likeness (QED) is 0.562. The maximum absolute atomic E-state index is 12.7. The highest BCUT2D eigenvalue weighted by Crippen LogP contribution is 2.48. The van der Waals surface area contributed by atoms with Crippen LogP contribution < -0.4 is 0 Å². The van der Waals surface area contributed by atoms with Crippen molar-refractivity contribution in [3.8, 4) is 0 Å². The molecule has 0 aromatic heterocycles. The molecule has 15 heavy (non-hydrogen) atoms. The van der Waals surface area contributed by atoms with Gasteiger partial charge in [0.2, 0.25) is 5.24 Å². The predicted molar refractivity (Wildman–Crippen MR) is 36.0 cm³/mol. The summed E-state index contributed by atoms with van der Waals surface area (Å²) in [7, 11) is 0. The number of hydrogen-bond donors (Lipinski definition) is 0. The summed E-state index contributed by atoms with van der Waals surface area (Å²) in [5.41, 5.74) is -5.40. The van der Waals surface area contributed by atoms with Gasteiger partial charge in [-0.1, -0.05) is 0 Å². The maximum atomic E-state index is 12.7. The molecule has 0 aromatic rings. The molecule has 0 amide bonds. The van der Waals surface area contributed by atoms with Crippen molar-refractivity contribution in [2.75, 3.05) is 0 Å². The monoisotopic (exact) mass is 260 g/mol. The molecule has 0 aliphatic rings. The minimum atomic E-state index is -6.13. The Kier molecular flexibility index (Phi) is 4.00. The predicted octanol–water partition coefficient (Wildman–Crippen LogP) is 3.36. The lowest BCUT2D eigenvalue weighted by Crippen LogP contribution is -2.53. The van der Waals surface area contributed by atoms with Gasteiger partial charge < -0.3 is 0 Å². The van der Waals surface area contributed by atoms with Crippen LogP contribution in [-0.2, 0) is 4.79 Å². The molecule has 0 saturated heterocycles. The molecule has 0 unspecified atom stereocenters. The van der Waals surface area contributed by atoms with E-state index >= 15 is 0 Å². The van der Waals surface area contributed by atoms with Gasteiger partial charge in [0, 0.05) is 12.8 Å². The fourth-order valence-corrected chi connectivity index (χ4v) is 0.809. The lowest BCUT2D eigenvalue weighted by Gasteiger charge is -2.29. The van der Waals surface area contributed by atoms with Crippen LogP contribution in [0.1, 0.15) is 12.8 Å². The summed E-state index contributed by atoms with van der Waals surface area (Å²) in [5, 5.41) is -1.47. The Morgan fingerprint density at radius 2 is 1.27 bits per heavy atom. The summed E-state index contributed by atoms with van der Waals surface area (Å²) in [6.07, 6.45) is -15.7. The topological polar surface area (TPSA) is 17.1 Å². The molecule has 0 bridgehead atoms. The first kappa shape index (κ1) is 14.5. The minimum Gasteiger partial charge on any atom is -0.281 e. The van der Waals surface area contributed by atoms with Gasteiger partial charge in [0.05, 0.1) is 0 Å². The van der Waals surface area contributed by atoms with E-state index in [-0.39, 0.29) is 0 Å². The molecule has 0 radical (unpaired) electrons. The molecule has 0 saturated carbocycles. The van der Waals surface area contributed by atoms with Crippen LogP contribution in [0.4, 0.5) is 30.7 Å². The van der Waals surface area contributed by atoms with Crippen LogP contribution in [0, 0.1) is 0 Å². The van der Waals surface area contributed by atoms with E-state index in [9.17, 15) is 35.5 Å². The summed E-state index contributed by atoms with van der Waals surface area (Å²) in [6.45, 7) is 0. The van der Waals surface area contributed by atoms with Crippen LogP contribution in [-0.4, -0.2) is 23.3 Å². The molecule has 0 aliphatic heterocycles. The Morgan fingerprint density at radius 1 is 0.933 bits per heavy atom. The molecule has 0 aromatic carbocycles. The number of carbonyl (C=O) groups excluding carboxylic acids is 1. The van der Waals surface area contributed by atoms with Gasteiger partial charge in [-0.25, -0.2) is 4.39 Å². The average molecular weight is 261 g/mol. The van der Waals surface area contributed by atoms with Crippen molar-refractivity contribution in [3.05, 3.63) is 0 Å². The second kappa shape index (κ2) is 4.15. The third-order valence-electron chi connectivity index (χ3n) is 1.56. The van der Waals surface area contributed by atoms with Gasteiger partial charge in [-0.05, 0) is 11.6 Å². The summed E-state index contributed by atoms with van der Waals surface area (Å²) >= 11 is 4.54. The van der Waals surface area contributed by atoms with Crippen LogP contribution >= 0.6 is 11.6 Å². The highest BCUT2D eigenvalue weighted by molar-refractivity contribution is 6.63. The van der Waals surface area contributed by atoms with Gasteiger partial charge in [-0.3, -0.25) is 4.79 Å². The molecule has 0 N–H and O–H groups in total. The lowest BCUT2D eigenvalue weighted by molar-refractivity contribution is -0.342. The van der Waals surface area contributed by atoms with Crippen LogP contribution in [0.15, 0.2) is 0 Å². The minimum absolute atomic E-state index is 1.35.